The number of benzene rings is 1. The highest BCUT2D eigenvalue weighted by molar-refractivity contribution is 6.42. The van der Waals surface area contributed by atoms with Gasteiger partial charge in [0.25, 0.3) is 0 Å². The molecule has 130 valence electrons. The molecule has 1 aliphatic rings. The van der Waals surface area contributed by atoms with Crippen molar-refractivity contribution in [2.75, 3.05) is 18.4 Å². The van der Waals surface area contributed by atoms with Crippen molar-refractivity contribution in [3.05, 3.63) is 57.7 Å². The van der Waals surface area contributed by atoms with Crippen molar-refractivity contribution >= 4 is 41.1 Å². The zero-order valence-electron chi connectivity index (χ0n) is 13.7. The molecule has 25 heavy (non-hydrogen) atoms. The molecule has 2 amide bonds. The van der Waals surface area contributed by atoms with Crippen LogP contribution in [0.2, 0.25) is 10.0 Å². The first kappa shape index (κ1) is 17.7. The summed E-state index contributed by atoms with van der Waals surface area (Å²) in [5, 5.41) is 11.5. The van der Waals surface area contributed by atoms with Crippen LogP contribution in [0.4, 0.5) is 10.6 Å². The monoisotopic (exact) mass is 376 g/mol. The normalized spacial score (nSPS) is 19.1. The molecule has 1 unspecified atom stereocenters. The maximum atomic E-state index is 12.4. The summed E-state index contributed by atoms with van der Waals surface area (Å²) in [5.74, 6) is 0.716. The number of carbonyl (C=O) groups is 1. The first-order chi connectivity index (χ1) is 12.0. The second kappa shape index (κ2) is 7.85. The zero-order valence-corrected chi connectivity index (χ0v) is 15.3. The van der Waals surface area contributed by atoms with Gasteiger partial charge in [0.05, 0.1) is 10.0 Å². The van der Waals surface area contributed by atoms with E-state index in [4.69, 9.17) is 23.2 Å². The minimum atomic E-state index is -0.152. The topological polar surface area (TPSA) is 58.1 Å². The van der Waals surface area contributed by atoms with Gasteiger partial charge in [-0.25, -0.2) is 4.79 Å². The van der Waals surface area contributed by atoms with Gasteiger partial charge in [-0.1, -0.05) is 47.8 Å². The highest BCUT2D eigenvalue weighted by Crippen LogP contribution is 2.28. The molecule has 1 saturated heterocycles. The van der Waals surface area contributed by atoms with Crippen molar-refractivity contribution in [1.29, 1.82) is 0 Å². The van der Waals surface area contributed by atoms with Crippen molar-refractivity contribution in [2.24, 2.45) is 5.92 Å². The van der Waals surface area contributed by atoms with Crippen molar-refractivity contribution in [3.8, 4) is 0 Å². The quantitative estimate of drug-likeness (QED) is 0.822. The summed E-state index contributed by atoms with van der Waals surface area (Å²) in [6.07, 6.45) is 4.51. The largest absolute Gasteiger partial charge is 0.324 e. The van der Waals surface area contributed by atoms with E-state index in [-0.39, 0.29) is 11.9 Å². The number of halogens is 2. The Morgan fingerprint density at radius 2 is 2.16 bits per heavy atom. The molecule has 7 heteroatoms. The number of carbonyl (C=O) groups excluding carboxylic acids is 1. The fourth-order valence-electron chi connectivity index (χ4n) is 2.82. The van der Waals surface area contributed by atoms with Crippen LogP contribution in [0.1, 0.15) is 18.9 Å². The Morgan fingerprint density at radius 1 is 1.32 bits per heavy atom. The maximum absolute atomic E-state index is 12.4. The molecule has 1 aromatic heterocycles. The van der Waals surface area contributed by atoms with Gasteiger partial charge in [-0.15, -0.1) is 5.10 Å². The predicted molar refractivity (Wildman–Crippen MR) is 101 cm³/mol. The summed E-state index contributed by atoms with van der Waals surface area (Å²) in [4.78, 5) is 14.2. The van der Waals surface area contributed by atoms with Crippen molar-refractivity contribution in [1.82, 2.24) is 15.1 Å². The van der Waals surface area contributed by atoms with Crippen LogP contribution in [-0.4, -0.2) is 34.2 Å². The summed E-state index contributed by atoms with van der Waals surface area (Å²) < 4.78 is 0. The molecule has 0 saturated carbocycles. The van der Waals surface area contributed by atoms with Crippen molar-refractivity contribution in [3.63, 3.8) is 0 Å². The molecule has 1 N–H and O–H groups in total. The van der Waals surface area contributed by atoms with Crippen LogP contribution < -0.4 is 5.32 Å². The minimum absolute atomic E-state index is 0.152. The Hall–Kier alpha value is -2.11. The van der Waals surface area contributed by atoms with Gasteiger partial charge in [0.1, 0.15) is 0 Å². The van der Waals surface area contributed by atoms with E-state index >= 15 is 0 Å². The number of nitrogens with one attached hydrogen (secondary N) is 1. The Kier molecular flexibility index (Phi) is 5.56. The Morgan fingerprint density at radius 3 is 2.84 bits per heavy atom. The molecule has 5 nitrogen and oxygen atoms in total. The van der Waals surface area contributed by atoms with Gasteiger partial charge in [-0.3, -0.25) is 5.32 Å². The summed E-state index contributed by atoms with van der Waals surface area (Å²) in [6.45, 7) is 3.42. The molecule has 0 bridgehead atoms. The number of hydrogen-bond acceptors (Lipinski definition) is 3. The second-order valence-corrected chi connectivity index (χ2v) is 6.84. The molecule has 1 aliphatic heterocycles. The first-order valence-corrected chi connectivity index (χ1v) is 8.77. The minimum Gasteiger partial charge on any atom is -0.324 e. The number of rotatable bonds is 2. The number of hydrogen-bond donors (Lipinski definition) is 1. The Balaban J connectivity index is 1.64. The van der Waals surface area contributed by atoms with E-state index in [0.29, 0.717) is 29.0 Å². The number of aromatic nitrogens is 2. The van der Waals surface area contributed by atoms with E-state index in [9.17, 15) is 4.79 Å². The zero-order chi connectivity index (χ0) is 17.8. The average molecular weight is 377 g/mol. The number of urea groups is 1. The van der Waals surface area contributed by atoms with E-state index in [1.54, 1.807) is 29.3 Å². The molecule has 1 atom stereocenters. The fourth-order valence-corrected chi connectivity index (χ4v) is 3.13. The van der Waals surface area contributed by atoms with Crippen LogP contribution in [0.5, 0.6) is 0 Å². The first-order valence-electron chi connectivity index (χ1n) is 8.02. The summed E-state index contributed by atoms with van der Waals surface area (Å²) in [7, 11) is 0. The Labute approximate surface area is 156 Å². The molecule has 0 radical (unpaired) electrons. The van der Waals surface area contributed by atoms with Crippen LogP contribution in [0, 0.1) is 5.92 Å². The van der Waals surface area contributed by atoms with Crippen LogP contribution in [0.25, 0.3) is 6.08 Å². The van der Waals surface area contributed by atoms with Gasteiger partial charge in [0.15, 0.2) is 5.82 Å². The highest BCUT2D eigenvalue weighted by atomic mass is 35.5. The third-order valence-electron chi connectivity index (χ3n) is 4.19. The van der Waals surface area contributed by atoms with Gasteiger partial charge in [-0.2, -0.15) is 5.10 Å². The summed E-state index contributed by atoms with van der Waals surface area (Å²) in [5.41, 5.74) is 2.32. The molecule has 2 heterocycles. The fraction of sp³-hybridized carbons (Fsp3) is 0.278. The van der Waals surface area contributed by atoms with E-state index < -0.39 is 0 Å². The summed E-state index contributed by atoms with van der Waals surface area (Å²) in [6, 6.07) is 8.90. The molecule has 3 rings (SSSR count). The van der Waals surface area contributed by atoms with E-state index in [0.717, 1.165) is 12.0 Å². The Bertz CT molecular complexity index is 795. The number of likely N-dealkylation sites (tertiary alicyclic amines) is 1. The standard InChI is InChI=1S/C18H18Cl2N4O/c1-12-11-24(18(25)22-17-3-2-7-21-23-17)8-6-14(12)9-13-4-5-15(19)16(20)10-13/h2-5,7,9-10,12H,6,8,11H2,1H3,(H,22,23,25)/b14-9+. The third kappa shape index (κ3) is 4.50. The number of amides is 2. The molecular formula is C18H18Cl2N4O. The highest BCUT2D eigenvalue weighted by Gasteiger charge is 2.24. The van der Waals surface area contributed by atoms with Gasteiger partial charge in [0.2, 0.25) is 0 Å². The molecule has 1 aromatic carbocycles. The summed E-state index contributed by atoms with van der Waals surface area (Å²) >= 11 is 12.0. The van der Waals surface area contributed by atoms with Gasteiger partial charge in [0, 0.05) is 19.3 Å². The molecule has 2 aromatic rings. The smallest absolute Gasteiger partial charge is 0.323 e. The lowest BCUT2D eigenvalue weighted by molar-refractivity contribution is 0.197. The number of piperidine rings is 1. The lowest BCUT2D eigenvalue weighted by atomic mass is 9.91. The SMILES string of the molecule is CC1CN(C(=O)Nc2cccnn2)CC/C1=C\c1ccc(Cl)c(Cl)c1. The van der Waals surface area contributed by atoms with Gasteiger partial charge < -0.3 is 4.90 Å². The van der Waals surface area contributed by atoms with E-state index in [1.165, 1.54) is 5.57 Å². The van der Waals surface area contributed by atoms with Gasteiger partial charge >= 0.3 is 6.03 Å². The number of anilines is 1. The lowest BCUT2D eigenvalue weighted by Crippen LogP contribution is -2.42. The maximum Gasteiger partial charge on any atom is 0.323 e. The van der Waals surface area contributed by atoms with Crippen molar-refractivity contribution in [2.45, 2.75) is 13.3 Å². The van der Waals surface area contributed by atoms with E-state index in [1.807, 2.05) is 12.1 Å². The van der Waals surface area contributed by atoms with Crippen LogP contribution >= 0.6 is 23.2 Å². The van der Waals surface area contributed by atoms with Crippen LogP contribution in [0.15, 0.2) is 42.1 Å². The third-order valence-corrected chi connectivity index (χ3v) is 4.93. The van der Waals surface area contributed by atoms with Crippen LogP contribution in [0.3, 0.4) is 0 Å². The number of nitrogens with zero attached hydrogens (tertiary/aromatic N) is 3. The van der Waals surface area contributed by atoms with Crippen LogP contribution in [-0.2, 0) is 0 Å². The van der Waals surface area contributed by atoms with Gasteiger partial charge in [-0.05, 0) is 42.2 Å². The molecular weight excluding hydrogens is 359 g/mol. The molecule has 0 spiro atoms. The molecule has 1 fully saturated rings. The van der Waals surface area contributed by atoms with E-state index in [2.05, 4.69) is 28.5 Å². The average Bonchev–Trinajstić information content (AvgIpc) is 2.60. The molecule has 0 aliphatic carbocycles. The second-order valence-electron chi connectivity index (χ2n) is 6.03. The predicted octanol–water partition coefficient (Wildman–Crippen LogP) is 4.74. The lowest BCUT2D eigenvalue weighted by Gasteiger charge is -2.33. The van der Waals surface area contributed by atoms with Crippen molar-refractivity contribution < 1.29 is 4.79 Å².